The van der Waals surface area contributed by atoms with Crippen molar-refractivity contribution in [2.45, 2.75) is 87.3 Å². The number of alkyl carbamates (subject to hydrolysis) is 2. The lowest BCUT2D eigenvalue weighted by Crippen LogP contribution is -2.51. The Kier molecular flexibility index (Phi) is 11.2. The number of hydrogen-bond donors (Lipinski definition) is 4. The lowest BCUT2D eigenvalue weighted by molar-refractivity contribution is -0.136. The van der Waals surface area contributed by atoms with E-state index in [-0.39, 0.29) is 57.0 Å². The number of ether oxygens (including phenoxy) is 3. The first-order valence-electron chi connectivity index (χ1n) is 19.3. The van der Waals surface area contributed by atoms with Gasteiger partial charge in [0.05, 0.1) is 50.1 Å². The monoisotopic (exact) mass is 816 g/mol. The van der Waals surface area contributed by atoms with E-state index in [0.717, 1.165) is 12.8 Å². The zero-order chi connectivity index (χ0) is 41.5. The van der Waals surface area contributed by atoms with E-state index in [9.17, 15) is 27.6 Å². The highest BCUT2D eigenvalue weighted by molar-refractivity contribution is 7.91. The lowest BCUT2D eigenvalue weighted by Gasteiger charge is -2.30. The van der Waals surface area contributed by atoms with E-state index >= 15 is 0 Å². The van der Waals surface area contributed by atoms with Crippen LogP contribution in [0.15, 0.2) is 58.6 Å². The summed E-state index contributed by atoms with van der Waals surface area (Å²) in [5, 5.41) is 5.30. The molecule has 0 unspecified atom stereocenters. The maximum atomic E-state index is 14.1. The Balaban J connectivity index is 1.08. The SMILES string of the molecule is COC(=O)N[C@H](C(=O)N1CCC[C@@H]1c1ncc(-c2ccc3c(c2)Oc2ccc(-c4cnc([C@@H]5CCCN5C(=O)[C@@H](NC(=O)OC)C(C)C)[nH]4)cc2S3(=O)=O)[nH]1)C(C)C. The minimum atomic E-state index is -4.01. The maximum Gasteiger partial charge on any atom is 0.407 e. The summed E-state index contributed by atoms with van der Waals surface area (Å²) in [5.74, 6) is 0.671. The zero-order valence-electron chi connectivity index (χ0n) is 33.2. The molecule has 17 nitrogen and oxygen atoms in total. The number of nitrogens with zero attached hydrogens (tertiary/aromatic N) is 4. The average molecular weight is 817 g/mol. The van der Waals surface area contributed by atoms with Gasteiger partial charge in [-0.2, -0.15) is 0 Å². The van der Waals surface area contributed by atoms with E-state index in [0.29, 0.717) is 60.1 Å². The Morgan fingerprint density at radius 3 is 1.69 bits per heavy atom. The predicted octanol–water partition coefficient (Wildman–Crippen LogP) is 5.49. The van der Waals surface area contributed by atoms with Gasteiger partial charge in [0.15, 0.2) is 0 Å². The number of rotatable bonds is 10. The summed E-state index contributed by atoms with van der Waals surface area (Å²) in [4.78, 5) is 70.4. The molecule has 0 spiro atoms. The molecule has 0 bridgehead atoms. The van der Waals surface area contributed by atoms with Crippen molar-refractivity contribution < 1.29 is 41.8 Å². The minimum Gasteiger partial charge on any atom is -0.455 e. The van der Waals surface area contributed by atoms with Crippen LogP contribution in [0.3, 0.4) is 0 Å². The smallest absolute Gasteiger partial charge is 0.407 e. The first kappa shape index (κ1) is 40.3. The normalized spacial score (nSPS) is 19.2. The molecule has 0 aliphatic carbocycles. The molecule has 4 N–H and O–H groups in total. The Hall–Kier alpha value is -5.91. The Morgan fingerprint density at radius 1 is 0.724 bits per heavy atom. The number of carbonyl (C=O) groups is 4. The van der Waals surface area contributed by atoms with Crippen molar-refractivity contribution in [1.82, 2.24) is 40.4 Å². The van der Waals surface area contributed by atoms with Gasteiger partial charge in [-0.15, -0.1) is 0 Å². The van der Waals surface area contributed by atoms with Crippen LogP contribution in [0.2, 0.25) is 0 Å². The zero-order valence-corrected chi connectivity index (χ0v) is 34.0. The van der Waals surface area contributed by atoms with E-state index in [1.54, 1.807) is 52.5 Å². The van der Waals surface area contributed by atoms with Crippen LogP contribution in [0.1, 0.15) is 77.1 Å². The topological polar surface area (TPSA) is 218 Å². The van der Waals surface area contributed by atoms with Crippen molar-refractivity contribution in [3.05, 3.63) is 60.4 Å². The number of H-pyrrole nitrogens is 2. The predicted molar refractivity (Wildman–Crippen MR) is 209 cm³/mol. The Labute approximate surface area is 336 Å². The van der Waals surface area contributed by atoms with E-state index in [2.05, 4.69) is 30.6 Å². The summed E-state index contributed by atoms with van der Waals surface area (Å²) in [5.41, 5.74) is 2.39. The van der Waals surface area contributed by atoms with Gasteiger partial charge in [-0.3, -0.25) is 9.59 Å². The molecule has 18 heteroatoms. The van der Waals surface area contributed by atoms with Crippen LogP contribution in [-0.4, -0.2) is 102 Å². The van der Waals surface area contributed by atoms with E-state index in [1.807, 2.05) is 27.7 Å². The Bertz CT molecular complexity index is 2340. The number of methoxy groups -OCH3 is 2. The van der Waals surface area contributed by atoms with Gasteiger partial charge in [-0.05, 0) is 67.9 Å². The summed E-state index contributed by atoms with van der Waals surface area (Å²) < 4.78 is 43.8. The number of nitrogens with one attached hydrogen (secondary N) is 4. The van der Waals surface area contributed by atoms with Crippen LogP contribution in [0, 0.1) is 11.8 Å². The van der Waals surface area contributed by atoms with E-state index in [4.69, 9.17) is 14.2 Å². The van der Waals surface area contributed by atoms with E-state index < -0.39 is 34.1 Å². The number of likely N-dealkylation sites (tertiary alicyclic amines) is 2. The average Bonchev–Trinajstić information content (AvgIpc) is 4.05. The van der Waals surface area contributed by atoms with E-state index in [1.165, 1.54) is 20.3 Å². The van der Waals surface area contributed by atoms with Crippen molar-refractivity contribution in [3.8, 4) is 34.0 Å². The number of benzene rings is 2. The Morgan fingerprint density at radius 2 is 1.21 bits per heavy atom. The lowest BCUT2D eigenvalue weighted by atomic mass is 10.0. The summed E-state index contributed by atoms with van der Waals surface area (Å²) in [7, 11) is -1.50. The van der Waals surface area contributed by atoms with Crippen molar-refractivity contribution in [2.24, 2.45) is 11.8 Å². The fourth-order valence-electron chi connectivity index (χ4n) is 7.88. The third-order valence-electron chi connectivity index (χ3n) is 11.0. The van der Waals surface area contributed by atoms with Crippen molar-refractivity contribution in [1.29, 1.82) is 0 Å². The molecule has 4 amide bonds. The van der Waals surface area contributed by atoms with Crippen molar-refractivity contribution in [2.75, 3.05) is 27.3 Å². The highest BCUT2D eigenvalue weighted by Crippen LogP contribution is 2.45. The van der Waals surface area contributed by atoms with Crippen LogP contribution in [-0.2, 0) is 28.9 Å². The molecule has 0 radical (unpaired) electrons. The molecule has 4 atom stereocenters. The second kappa shape index (κ2) is 16.2. The third-order valence-corrected chi connectivity index (χ3v) is 12.8. The highest BCUT2D eigenvalue weighted by Gasteiger charge is 2.39. The molecule has 3 aliphatic heterocycles. The van der Waals surface area contributed by atoms with Crippen LogP contribution in [0.4, 0.5) is 9.59 Å². The van der Waals surface area contributed by atoms with Crippen molar-refractivity contribution >= 4 is 33.8 Å². The number of hydrogen-bond acceptors (Lipinski definition) is 11. The second-order valence-electron chi connectivity index (χ2n) is 15.4. The van der Waals surface area contributed by atoms with Crippen molar-refractivity contribution in [3.63, 3.8) is 0 Å². The molecule has 58 heavy (non-hydrogen) atoms. The third kappa shape index (κ3) is 7.59. The molecule has 4 aromatic rings. The van der Waals surface area contributed by atoms with Crippen LogP contribution in [0.5, 0.6) is 11.5 Å². The number of amides is 4. The standard InChI is InChI=1S/C40H48N8O9S/c1-21(2)33(45-39(51)55-5)37(49)47-15-7-9-27(47)35-41-19-25(43-35)23-12-14-31-30(17-23)57-29-13-11-24(18-32(29)58(31,53)54)26-20-42-36(44-26)28-10-8-16-48(28)38(50)34(22(3)4)46-40(52)56-6/h11-14,17-22,27-28,33-34H,7-10,15-16H2,1-6H3,(H,41,43)(H,42,44)(H,45,51)(H,46,52)/t27-,28+,33+,34+/m1/s1. The number of carbonyl (C=O) groups excluding carboxylic acids is 4. The van der Waals surface area contributed by atoms with Gasteiger partial charge in [0.2, 0.25) is 21.7 Å². The minimum absolute atomic E-state index is 0.00365. The summed E-state index contributed by atoms with van der Waals surface area (Å²) in [6.07, 6.45) is 4.76. The molecule has 5 heterocycles. The number of sulfone groups is 1. The molecule has 3 aliphatic rings. The summed E-state index contributed by atoms with van der Waals surface area (Å²) >= 11 is 0. The fourth-order valence-corrected chi connectivity index (χ4v) is 9.38. The largest absolute Gasteiger partial charge is 0.455 e. The van der Waals surface area contributed by atoms with Gasteiger partial charge in [0.1, 0.15) is 45.0 Å². The number of imidazole rings is 2. The molecule has 2 aromatic heterocycles. The number of fused-ring (bicyclic) bond motifs is 2. The molecule has 2 aromatic carbocycles. The molecule has 7 rings (SSSR count). The number of aromatic amines is 2. The fraction of sp³-hybridized carbons (Fsp3) is 0.450. The van der Waals surface area contributed by atoms with Gasteiger partial charge in [-0.1, -0.05) is 33.8 Å². The first-order chi connectivity index (χ1) is 27.7. The molecule has 0 saturated carbocycles. The summed E-state index contributed by atoms with van der Waals surface area (Å²) in [6, 6.07) is 7.50. The van der Waals surface area contributed by atoms with Crippen LogP contribution < -0.4 is 15.4 Å². The molecular weight excluding hydrogens is 769 g/mol. The van der Waals surface area contributed by atoms with Crippen LogP contribution in [0.25, 0.3) is 22.5 Å². The van der Waals surface area contributed by atoms with Crippen LogP contribution >= 0.6 is 0 Å². The molecular formula is C40H48N8O9S. The molecule has 2 fully saturated rings. The highest BCUT2D eigenvalue weighted by atomic mass is 32.2. The first-order valence-corrected chi connectivity index (χ1v) is 20.8. The maximum absolute atomic E-state index is 14.1. The molecule has 2 saturated heterocycles. The van der Waals surface area contributed by atoms with Gasteiger partial charge in [0, 0.05) is 24.2 Å². The number of aromatic nitrogens is 4. The molecule has 308 valence electrons. The quantitative estimate of drug-likeness (QED) is 0.138. The van der Waals surface area contributed by atoms with Gasteiger partial charge >= 0.3 is 12.2 Å². The van der Waals surface area contributed by atoms with Gasteiger partial charge in [-0.25, -0.2) is 28.0 Å². The summed E-state index contributed by atoms with van der Waals surface area (Å²) in [6.45, 7) is 8.42. The van der Waals surface area contributed by atoms with Gasteiger partial charge in [0.25, 0.3) is 0 Å². The van der Waals surface area contributed by atoms with Gasteiger partial charge < -0.3 is 44.6 Å². The second-order valence-corrected chi connectivity index (χ2v) is 17.3.